The molecule has 0 N–H and O–H groups in total. The van der Waals surface area contributed by atoms with Crippen molar-refractivity contribution in [2.45, 2.75) is 34.6 Å². The molecule has 0 radical (unpaired) electrons. The number of hydrogen-bond donors (Lipinski definition) is 0. The standard InChI is InChI=1S/C10H15.2HI.Zr/c1-7-6-10(4,5)9(3)8(7)2;;;/h1-5H3;2*1H;/q;;;+2/p-2. The molecule has 73 valence electrons. The van der Waals surface area contributed by atoms with Gasteiger partial charge in [-0.3, -0.25) is 0 Å². The Bertz CT molecular complexity index is 236. The van der Waals surface area contributed by atoms with Crippen LogP contribution in [0.15, 0.2) is 20.0 Å². The van der Waals surface area contributed by atoms with Crippen LogP contribution in [-0.4, -0.2) is 0 Å². The van der Waals surface area contributed by atoms with Crippen molar-refractivity contribution in [1.82, 2.24) is 0 Å². The summed E-state index contributed by atoms with van der Waals surface area (Å²) in [6.45, 7) is 11.4. The van der Waals surface area contributed by atoms with Crippen molar-refractivity contribution in [2.75, 3.05) is 0 Å². The molecule has 13 heavy (non-hydrogen) atoms. The minimum absolute atomic E-state index is 0. The summed E-state index contributed by atoms with van der Waals surface area (Å²) < 4.78 is 1.62. The molecule has 0 amide bonds. The van der Waals surface area contributed by atoms with Gasteiger partial charge in [-0.05, 0) is 0 Å². The maximum Gasteiger partial charge on any atom is -1.00 e. The Kier molecular flexibility index (Phi) is 7.66. The number of hydrogen-bond acceptors (Lipinski definition) is 0. The molecular weight excluding hydrogens is 465 g/mol. The Hall–Kier alpha value is 1.82. The molecule has 0 saturated carbocycles. The first-order chi connectivity index (χ1) is 4.89. The Balaban J connectivity index is 0. The van der Waals surface area contributed by atoms with Crippen LogP contribution in [0.3, 0.4) is 0 Å². The maximum atomic E-state index is 2.33. The quantitative estimate of drug-likeness (QED) is 0.329. The van der Waals surface area contributed by atoms with Gasteiger partial charge in [0.05, 0.1) is 0 Å². The van der Waals surface area contributed by atoms with E-state index in [1.165, 1.54) is 11.1 Å². The molecule has 0 saturated heterocycles. The molecule has 0 aromatic rings. The van der Waals surface area contributed by atoms with Gasteiger partial charge >= 0.3 is 84.8 Å². The van der Waals surface area contributed by atoms with E-state index >= 15 is 0 Å². The van der Waals surface area contributed by atoms with Gasteiger partial charge in [-0.1, -0.05) is 0 Å². The first-order valence-electron chi connectivity index (χ1n) is 4.00. The summed E-state index contributed by atoms with van der Waals surface area (Å²) in [6, 6.07) is 0. The summed E-state index contributed by atoms with van der Waals surface area (Å²) in [7, 11) is 0. The maximum absolute atomic E-state index is 2.33. The fourth-order valence-electron chi connectivity index (χ4n) is 1.59. The van der Waals surface area contributed by atoms with Crippen molar-refractivity contribution in [3.05, 3.63) is 20.0 Å². The third-order valence-corrected chi connectivity index (χ3v) is 5.52. The first-order valence-corrected chi connectivity index (χ1v) is 5.23. The van der Waals surface area contributed by atoms with Crippen molar-refractivity contribution in [3.63, 3.8) is 0 Å². The summed E-state index contributed by atoms with van der Waals surface area (Å²) in [5, 5.41) is 0. The molecule has 0 heterocycles. The van der Waals surface area contributed by atoms with E-state index in [2.05, 4.69) is 34.6 Å². The van der Waals surface area contributed by atoms with E-state index < -0.39 is 0 Å². The van der Waals surface area contributed by atoms with Gasteiger partial charge in [-0.25, -0.2) is 0 Å². The van der Waals surface area contributed by atoms with E-state index in [0.717, 1.165) is 0 Å². The normalized spacial score (nSPS) is 19.9. The van der Waals surface area contributed by atoms with Crippen LogP contribution in [0.1, 0.15) is 34.6 Å². The average Bonchev–Trinajstić information content (AvgIpc) is 2.06. The van der Waals surface area contributed by atoms with Gasteiger partial charge in [0, 0.05) is 0 Å². The summed E-state index contributed by atoms with van der Waals surface area (Å²) in [6.07, 6.45) is 0. The molecule has 0 fully saturated rings. The molecule has 0 spiro atoms. The Morgan fingerprint density at radius 2 is 1.31 bits per heavy atom. The number of halogens is 2. The van der Waals surface area contributed by atoms with Crippen molar-refractivity contribution in [3.8, 4) is 0 Å². The summed E-state index contributed by atoms with van der Waals surface area (Å²) in [4.78, 5) is 0. The monoisotopic (exact) mass is 479 g/mol. The van der Waals surface area contributed by atoms with Crippen molar-refractivity contribution >= 4 is 0 Å². The summed E-state index contributed by atoms with van der Waals surface area (Å²) in [5.41, 5.74) is 4.96. The molecule has 0 unspecified atom stereocenters. The van der Waals surface area contributed by atoms with Crippen LogP contribution in [0.25, 0.3) is 0 Å². The fourth-order valence-corrected chi connectivity index (χ4v) is 2.52. The zero-order valence-electron chi connectivity index (χ0n) is 8.76. The number of rotatable bonds is 0. The van der Waals surface area contributed by atoms with Crippen LogP contribution < -0.4 is 48.0 Å². The minimum atomic E-state index is 0. The van der Waals surface area contributed by atoms with E-state index in [-0.39, 0.29) is 48.0 Å². The minimum Gasteiger partial charge on any atom is -1.00 e. The molecule has 0 aromatic carbocycles. The van der Waals surface area contributed by atoms with Crippen LogP contribution in [0.4, 0.5) is 0 Å². The van der Waals surface area contributed by atoms with Crippen LogP contribution in [0.5, 0.6) is 0 Å². The zero-order valence-corrected chi connectivity index (χ0v) is 15.5. The SMILES string of the molecule is CC1=C(C)C(C)(C)[C]([Zr+2])=C1C.[I-].[I-]. The molecule has 0 aromatic heterocycles. The predicted molar refractivity (Wildman–Crippen MR) is 44.9 cm³/mol. The van der Waals surface area contributed by atoms with Crippen LogP contribution in [0, 0.1) is 5.41 Å². The molecule has 1 rings (SSSR count). The van der Waals surface area contributed by atoms with Gasteiger partial charge in [0.1, 0.15) is 0 Å². The van der Waals surface area contributed by atoms with Gasteiger partial charge in [0.2, 0.25) is 0 Å². The molecule has 3 heteroatoms. The Morgan fingerprint density at radius 1 is 0.923 bits per heavy atom. The van der Waals surface area contributed by atoms with Crippen LogP contribution >= 0.6 is 0 Å². The molecule has 0 aliphatic heterocycles. The second-order valence-corrected chi connectivity index (χ2v) is 5.10. The molecule has 0 atom stereocenters. The van der Waals surface area contributed by atoms with Crippen LogP contribution in [0.2, 0.25) is 0 Å². The Morgan fingerprint density at radius 3 is 1.38 bits per heavy atom. The summed E-state index contributed by atoms with van der Waals surface area (Å²) in [5.74, 6) is 0. The predicted octanol–water partition coefficient (Wildman–Crippen LogP) is -2.81. The van der Waals surface area contributed by atoms with Crippen molar-refractivity contribution in [2.24, 2.45) is 5.41 Å². The average molecular weight is 480 g/mol. The fraction of sp³-hybridized carbons (Fsp3) is 0.600. The first kappa shape index (κ1) is 17.2. The zero-order chi connectivity index (χ0) is 8.81. The topological polar surface area (TPSA) is 0 Å². The molecule has 1 aliphatic rings. The molecule has 0 bridgehead atoms. The van der Waals surface area contributed by atoms with E-state index in [0.29, 0.717) is 5.41 Å². The third kappa shape index (κ3) is 2.90. The third-order valence-electron chi connectivity index (χ3n) is 3.06. The van der Waals surface area contributed by atoms with E-state index in [1.54, 1.807) is 33.6 Å². The Labute approximate surface area is 131 Å². The molecule has 1 aliphatic carbocycles. The second-order valence-electron chi connectivity index (χ2n) is 3.88. The van der Waals surface area contributed by atoms with E-state index in [9.17, 15) is 0 Å². The van der Waals surface area contributed by atoms with Crippen molar-refractivity contribution in [1.29, 1.82) is 0 Å². The molecule has 0 nitrogen and oxygen atoms in total. The smallest absolute Gasteiger partial charge is 1.00 e. The second kappa shape index (κ2) is 5.78. The van der Waals surface area contributed by atoms with Gasteiger partial charge in [-0.15, -0.1) is 0 Å². The van der Waals surface area contributed by atoms with Crippen LogP contribution in [-0.2, 0) is 24.7 Å². The van der Waals surface area contributed by atoms with E-state index in [4.69, 9.17) is 0 Å². The largest absolute Gasteiger partial charge is 1.00 e. The number of allylic oxidation sites excluding steroid dienone is 4. The summed E-state index contributed by atoms with van der Waals surface area (Å²) >= 11 is 1.57. The van der Waals surface area contributed by atoms with Gasteiger partial charge in [0.15, 0.2) is 0 Å². The van der Waals surface area contributed by atoms with E-state index in [1.807, 2.05) is 0 Å². The van der Waals surface area contributed by atoms with Gasteiger partial charge in [-0.2, -0.15) is 0 Å². The molecular formula is C10H15I2Zr. The van der Waals surface area contributed by atoms with Gasteiger partial charge < -0.3 is 48.0 Å². The van der Waals surface area contributed by atoms with Gasteiger partial charge in [0.25, 0.3) is 0 Å². The van der Waals surface area contributed by atoms with Crippen molar-refractivity contribution < 1.29 is 72.7 Å².